The lowest BCUT2D eigenvalue weighted by molar-refractivity contribution is -0.148. The van der Waals surface area contributed by atoms with Gasteiger partial charge in [-0.3, -0.25) is 9.78 Å². The summed E-state index contributed by atoms with van der Waals surface area (Å²) >= 11 is 0. The van der Waals surface area contributed by atoms with Crippen LogP contribution in [0.25, 0.3) is 10.9 Å². The van der Waals surface area contributed by atoms with Crippen LogP contribution in [0.2, 0.25) is 0 Å². The molecule has 0 bridgehead atoms. The lowest BCUT2D eigenvalue weighted by Crippen LogP contribution is -2.40. The van der Waals surface area contributed by atoms with Gasteiger partial charge in [-0.05, 0) is 62.9 Å². The molecule has 2 aromatic carbocycles. The molecule has 174 valence electrons. The predicted molar refractivity (Wildman–Crippen MR) is 129 cm³/mol. The molecule has 2 heterocycles. The summed E-state index contributed by atoms with van der Waals surface area (Å²) < 4.78 is 32.8. The molecule has 7 heteroatoms. The second-order valence-electron chi connectivity index (χ2n) is 8.53. The van der Waals surface area contributed by atoms with Gasteiger partial charge in [0.05, 0.1) is 28.6 Å². The number of hydrogen-bond acceptors (Lipinski definition) is 6. The van der Waals surface area contributed by atoms with Crippen molar-refractivity contribution in [3.63, 3.8) is 0 Å². The number of carbonyl (C=O) groups excluding carboxylic acids is 1. The summed E-state index contributed by atoms with van der Waals surface area (Å²) in [4.78, 5) is 19.4. The largest absolute Gasteiger partial charge is 0.466 e. The van der Waals surface area contributed by atoms with Gasteiger partial charge in [0.2, 0.25) is 9.84 Å². The van der Waals surface area contributed by atoms with E-state index in [0.717, 1.165) is 41.3 Å². The number of aryl methyl sites for hydroxylation is 2. The number of carbonyl (C=O) groups is 1. The Morgan fingerprint density at radius 2 is 1.91 bits per heavy atom. The highest BCUT2D eigenvalue weighted by Gasteiger charge is 2.32. The first-order chi connectivity index (χ1) is 15.8. The number of fused-ring (bicyclic) bond motifs is 1. The second kappa shape index (κ2) is 9.51. The Balaban J connectivity index is 1.87. The molecule has 0 saturated carbocycles. The molecule has 0 N–H and O–H groups in total. The van der Waals surface area contributed by atoms with Crippen LogP contribution in [-0.4, -0.2) is 39.1 Å². The third-order valence-corrected chi connectivity index (χ3v) is 8.02. The number of rotatable bonds is 6. The normalized spacial score (nSPS) is 16.7. The van der Waals surface area contributed by atoms with E-state index in [4.69, 9.17) is 4.74 Å². The monoisotopic (exact) mass is 466 g/mol. The maximum atomic E-state index is 13.8. The average Bonchev–Trinajstić information content (AvgIpc) is 2.83. The molecule has 1 atom stereocenters. The molecule has 3 aromatic rings. The fraction of sp³-hybridized carbons (Fsp3) is 0.385. The van der Waals surface area contributed by atoms with E-state index in [1.165, 1.54) is 6.20 Å². The van der Waals surface area contributed by atoms with E-state index in [1.807, 2.05) is 49.1 Å². The quantitative estimate of drug-likeness (QED) is 0.490. The number of pyridine rings is 1. The Hall–Kier alpha value is -2.93. The fourth-order valence-corrected chi connectivity index (χ4v) is 5.89. The molecular formula is C26H30N2O4S. The number of hydrogen-bond donors (Lipinski definition) is 0. The first-order valence-corrected chi connectivity index (χ1v) is 13.0. The Bertz CT molecular complexity index is 1270. The fourth-order valence-electron chi connectivity index (χ4n) is 4.46. The van der Waals surface area contributed by atoms with Crippen molar-refractivity contribution in [3.05, 3.63) is 59.8 Å². The maximum Gasteiger partial charge on any atom is 0.310 e. The summed E-state index contributed by atoms with van der Waals surface area (Å²) in [5, 5.41) is 0.783. The summed E-state index contributed by atoms with van der Waals surface area (Å²) in [6.07, 6.45) is 3.82. The molecule has 0 amide bonds. The topological polar surface area (TPSA) is 76.6 Å². The minimum absolute atomic E-state index is 0.175. The third kappa shape index (κ3) is 4.60. The van der Waals surface area contributed by atoms with E-state index in [0.29, 0.717) is 25.4 Å². The van der Waals surface area contributed by atoms with Crippen molar-refractivity contribution in [3.8, 4) is 0 Å². The van der Waals surface area contributed by atoms with Crippen molar-refractivity contribution < 1.29 is 17.9 Å². The van der Waals surface area contributed by atoms with E-state index >= 15 is 0 Å². The number of piperidine rings is 1. The molecule has 0 radical (unpaired) electrons. The summed E-state index contributed by atoms with van der Waals surface area (Å²) in [7, 11) is -3.82. The third-order valence-electron chi connectivity index (χ3n) is 6.25. The van der Waals surface area contributed by atoms with Gasteiger partial charge in [0, 0.05) is 24.7 Å². The van der Waals surface area contributed by atoms with Crippen LogP contribution in [0.1, 0.15) is 37.8 Å². The molecular weight excluding hydrogens is 436 g/mol. The van der Waals surface area contributed by atoms with Crippen LogP contribution in [0.3, 0.4) is 0 Å². The number of anilines is 1. The van der Waals surface area contributed by atoms with E-state index in [-0.39, 0.29) is 21.7 Å². The Labute approximate surface area is 195 Å². The zero-order valence-corrected chi connectivity index (χ0v) is 20.2. The number of esters is 1. The van der Waals surface area contributed by atoms with Crippen LogP contribution in [0.15, 0.2) is 58.5 Å². The molecule has 33 heavy (non-hydrogen) atoms. The molecule has 0 aliphatic carbocycles. The highest BCUT2D eigenvalue weighted by Crippen LogP contribution is 2.38. The van der Waals surface area contributed by atoms with Gasteiger partial charge < -0.3 is 9.64 Å². The molecule has 0 unspecified atom stereocenters. The van der Waals surface area contributed by atoms with Crippen molar-refractivity contribution in [2.24, 2.45) is 5.92 Å². The van der Waals surface area contributed by atoms with Crippen LogP contribution < -0.4 is 4.90 Å². The van der Waals surface area contributed by atoms with Crippen molar-refractivity contribution in [1.82, 2.24) is 4.98 Å². The minimum Gasteiger partial charge on any atom is -0.466 e. The number of ether oxygens (including phenoxy) is 1. The highest BCUT2D eigenvalue weighted by atomic mass is 32.2. The van der Waals surface area contributed by atoms with Gasteiger partial charge >= 0.3 is 5.97 Å². The van der Waals surface area contributed by atoms with Gasteiger partial charge in [0.15, 0.2) is 0 Å². The Kier molecular flexibility index (Phi) is 6.70. The Morgan fingerprint density at radius 1 is 1.15 bits per heavy atom. The molecule has 1 fully saturated rings. The zero-order valence-electron chi connectivity index (χ0n) is 19.4. The van der Waals surface area contributed by atoms with Gasteiger partial charge in [0.1, 0.15) is 4.90 Å². The number of aromatic nitrogens is 1. The van der Waals surface area contributed by atoms with Crippen molar-refractivity contribution in [2.45, 2.75) is 49.8 Å². The molecule has 1 aliphatic rings. The van der Waals surface area contributed by atoms with Crippen LogP contribution in [0, 0.1) is 12.8 Å². The number of sulfone groups is 1. The molecule has 6 nitrogen and oxygen atoms in total. The van der Waals surface area contributed by atoms with Gasteiger partial charge in [-0.25, -0.2) is 8.42 Å². The van der Waals surface area contributed by atoms with E-state index < -0.39 is 9.84 Å². The molecule has 1 saturated heterocycles. The predicted octanol–water partition coefficient (Wildman–Crippen LogP) is 4.72. The van der Waals surface area contributed by atoms with Gasteiger partial charge in [-0.1, -0.05) is 30.7 Å². The summed E-state index contributed by atoms with van der Waals surface area (Å²) in [6, 6.07) is 12.9. The molecule has 1 aromatic heterocycles. The van der Waals surface area contributed by atoms with Crippen molar-refractivity contribution in [2.75, 3.05) is 24.6 Å². The van der Waals surface area contributed by atoms with E-state index in [1.54, 1.807) is 19.1 Å². The van der Waals surface area contributed by atoms with Crippen LogP contribution in [0.4, 0.5) is 5.69 Å². The lowest BCUT2D eigenvalue weighted by atomic mass is 9.97. The van der Waals surface area contributed by atoms with E-state index in [9.17, 15) is 13.2 Å². The molecule has 4 rings (SSSR count). The van der Waals surface area contributed by atoms with Gasteiger partial charge in [-0.2, -0.15) is 0 Å². The van der Waals surface area contributed by atoms with Gasteiger partial charge in [-0.15, -0.1) is 0 Å². The van der Waals surface area contributed by atoms with Gasteiger partial charge in [0.25, 0.3) is 0 Å². The number of benzene rings is 2. The summed E-state index contributed by atoms with van der Waals surface area (Å²) in [6.45, 7) is 7.23. The number of nitrogens with zero attached hydrogens (tertiary/aromatic N) is 2. The van der Waals surface area contributed by atoms with Crippen LogP contribution in [0.5, 0.6) is 0 Å². The minimum atomic E-state index is -3.82. The standard InChI is InChI=1S/C26H30N2O4S/c1-4-19-9-11-21(12-10-19)33(30,31)24-16-27-23-13-8-18(3)15-22(23)25(24)28-14-6-7-20(17-28)26(29)32-5-2/h8-13,15-16,20H,4-7,14,17H2,1-3H3/t20-/m1/s1. The molecule has 1 aliphatic heterocycles. The van der Waals surface area contributed by atoms with Crippen LogP contribution >= 0.6 is 0 Å². The first-order valence-electron chi connectivity index (χ1n) is 11.5. The van der Waals surface area contributed by atoms with Crippen molar-refractivity contribution in [1.29, 1.82) is 0 Å². The average molecular weight is 467 g/mol. The maximum absolute atomic E-state index is 13.8. The first kappa shape index (κ1) is 23.2. The molecule has 0 spiro atoms. The summed E-state index contributed by atoms with van der Waals surface area (Å²) in [5.74, 6) is -0.512. The smallest absolute Gasteiger partial charge is 0.310 e. The second-order valence-corrected chi connectivity index (χ2v) is 10.4. The van der Waals surface area contributed by atoms with Crippen LogP contribution in [-0.2, 0) is 25.8 Å². The zero-order chi connectivity index (χ0) is 23.6. The summed E-state index contributed by atoms with van der Waals surface area (Å²) in [5.41, 5.74) is 3.45. The van der Waals surface area contributed by atoms with Crippen molar-refractivity contribution >= 4 is 32.4 Å². The van der Waals surface area contributed by atoms with E-state index in [2.05, 4.69) is 4.98 Å². The SMILES string of the molecule is CCOC(=O)[C@@H]1CCCN(c2c(S(=O)(=O)c3ccc(CC)cc3)cnc3ccc(C)cc23)C1. The lowest BCUT2D eigenvalue weighted by Gasteiger charge is -2.35. The highest BCUT2D eigenvalue weighted by molar-refractivity contribution is 7.91. The Morgan fingerprint density at radius 3 is 2.61 bits per heavy atom.